The summed E-state index contributed by atoms with van der Waals surface area (Å²) in [6, 6.07) is 11.8. The molecule has 1 aromatic heterocycles. The molecule has 2 aromatic rings. The summed E-state index contributed by atoms with van der Waals surface area (Å²) in [4.78, 5) is 18.0. The number of carbonyl (C=O) groups is 1. The topological polar surface area (TPSA) is 71.2 Å². The molecule has 0 saturated carbocycles. The fourth-order valence-electron chi connectivity index (χ4n) is 2.02. The van der Waals surface area contributed by atoms with Gasteiger partial charge in [0.05, 0.1) is 5.56 Å². The van der Waals surface area contributed by atoms with Crippen LogP contribution in [-0.4, -0.2) is 31.0 Å². The van der Waals surface area contributed by atoms with Gasteiger partial charge in [-0.1, -0.05) is 18.2 Å². The highest BCUT2D eigenvalue weighted by Gasteiger charge is 2.08. The molecule has 0 aliphatic heterocycles. The summed E-state index contributed by atoms with van der Waals surface area (Å²) in [6.45, 7) is 1.47. The molecule has 0 spiro atoms. The van der Waals surface area contributed by atoms with Gasteiger partial charge < -0.3 is 16.0 Å². The summed E-state index contributed by atoms with van der Waals surface area (Å²) in [5.41, 5.74) is 7.78. The first kappa shape index (κ1) is 14.8. The van der Waals surface area contributed by atoms with Crippen LogP contribution in [0.5, 0.6) is 0 Å². The third-order valence-corrected chi connectivity index (χ3v) is 3.25. The lowest BCUT2D eigenvalue weighted by Crippen LogP contribution is -2.28. The van der Waals surface area contributed by atoms with Crippen LogP contribution in [0.3, 0.4) is 0 Å². The van der Waals surface area contributed by atoms with Gasteiger partial charge in [-0.2, -0.15) is 0 Å². The molecule has 21 heavy (non-hydrogen) atoms. The zero-order valence-corrected chi connectivity index (χ0v) is 12.1. The number of carbonyl (C=O) groups excluding carboxylic acids is 1. The summed E-state index contributed by atoms with van der Waals surface area (Å²) in [5.74, 6) is -0.178. The zero-order valence-electron chi connectivity index (χ0n) is 12.1. The smallest absolute Gasteiger partial charge is 0.254 e. The number of nitrogen functional groups attached to an aromatic ring is 1. The lowest BCUT2D eigenvalue weighted by Gasteiger charge is -2.19. The van der Waals surface area contributed by atoms with Crippen LogP contribution in [0, 0.1) is 0 Å². The number of benzene rings is 1. The summed E-state index contributed by atoms with van der Waals surface area (Å²) in [6.07, 6.45) is 3.92. The van der Waals surface area contributed by atoms with Crippen molar-refractivity contribution in [2.75, 3.05) is 30.8 Å². The third-order valence-electron chi connectivity index (χ3n) is 3.25. The Morgan fingerprint density at radius 2 is 2.05 bits per heavy atom. The van der Waals surface area contributed by atoms with Gasteiger partial charge in [0.1, 0.15) is 0 Å². The molecule has 3 N–H and O–H groups in total. The van der Waals surface area contributed by atoms with Crippen molar-refractivity contribution in [3.8, 4) is 0 Å². The number of para-hydroxylation sites is 1. The largest absolute Gasteiger partial charge is 0.398 e. The molecule has 110 valence electrons. The molecule has 1 aromatic carbocycles. The molecule has 0 atom stereocenters. The van der Waals surface area contributed by atoms with E-state index in [1.165, 1.54) is 11.9 Å². The number of hydrogen-bond donors (Lipinski definition) is 2. The molecule has 5 heteroatoms. The first-order valence-electron chi connectivity index (χ1n) is 6.92. The van der Waals surface area contributed by atoms with Crippen molar-refractivity contribution < 1.29 is 4.79 Å². The summed E-state index contributed by atoms with van der Waals surface area (Å²) >= 11 is 0. The van der Waals surface area contributed by atoms with Crippen LogP contribution in [0.2, 0.25) is 0 Å². The van der Waals surface area contributed by atoms with E-state index in [0.717, 1.165) is 13.0 Å². The highest BCUT2D eigenvalue weighted by Crippen LogP contribution is 2.11. The van der Waals surface area contributed by atoms with E-state index in [1.54, 1.807) is 12.3 Å². The standard InChI is InChI=1S/C16H20N4O/c1-20(13-6-3-2-4-7-13)11-5-9-19-16(21)14-12-18-10-8-15(14)17/h2-4,6-8,10,12H,5,9,11H2,1H3,(H2,17,18)(H,19,21). The Kier molecular flexibility index (Phi) is 5.15. The van der Waals surface area contributed by atoms with Crippen molar-refractivity contribution in [2.24, 2.45) is 0 Å². The molecular weight excluding hydrogens is 264 g/mol. The van der Waals surface area contributed by atoms with Gasteiger partial charge >= 0.3 is 0 Å². The van der Waals surface area contributed by atoms with Gasteiger partial charge in [-0.3, -0.25) is 9.78 Å². The number of amides is 1. The maximum atomic E-state index is 11.9. The van der Waals surface area contributed by atoms with Crippen LogP contribution in [-0.2, 0) is 0 Å². The van der Waals surface area contributed by atoms with E-state index >= 15 is 0 Å². The van der Waals surface area contributed by atoms with E-state index in [0.29, 0.717) is 17.8 Å². The van der Waals surface area contributed by atoms with Crippen LogP contribution in [0.25, 0.3) is 0 Å². The average molecular weight is 284 g/mol. The zero-order chi connectivity index (χ0) is 15.1. The van der Waals surface area contributed by atoms with E-state index in [-0.39, 0.29) is 5.91 Å². The van der Waals surface area contributed by atoms with E-state index in [4.69, 9.17) is 5.73 Å². The Morgan fingerprint density at radius 1 is 1.29 bits per heavy atom. The third kappa shape index (κ3) is 4.21. The molecule has 0 fully saturated rings. The van der Waals surface area contributed by atoms with Crippen LogP contribution in [0.1, 0.15) is 16.8 Å². The second kappa shape index (κ2) is 7.28. The first-order valence-corrected chi connectivity index (χ1v) is 6.92. The quantitative estimate of drug-likeness (QED) is 0.795. The van der Waals surface area contributed by atoms with Crippen molar-refractivity contribution in [1.82, 2.24) is 10.3 Å². The Hall–Kier alpha value is -2.56. The molecule has 1 heterocycles. The maximum absolute atomic E-state index is 11.9. The monoisotopic (exact) mass is 284 g/mol. The number of nitrogens with zero attached hydrogens (tertiary/aromatic N) is 2. The van der Waals surface area contributed by atoms with Crippen molar-refractivity contribution >= 4 is 17.3 Å². The molecular formula is C16H20N4O. The molecule has 1 amide bonds. The van der Waals surface area contributed by atoms with E-state index < -0.39 is 0 Å². The molecule has 0 radical (unpaired) electrons. The van der Waals surface area contributed by atoms with Crippen LogP contribution in [0.15, 0.2) is 48.8 Å². The molecule has 0 bridgehead atoms. The lowest BCUT2D eigenvalue weighted by atomic mass is 10.2. The fourth-order valence-corrected chi connectivity index (χ4v) is 2.02. The van der Waals surface area contributed by atoms with Crippen molar-refractivity contribution in [3.05, 3.63) is 54.4 Å². The normalized spacial score (nSPS) is 10.1. The molecule has 2 rings (SSSR count). The predicted molar refractivity (Wildman–Crippen MR) is 85.3 cm³/mol. The van der Waals surface area contributed by atoms with Crippen molar-refractivity contribution in [3.63, 3.8) is 0 Å². The van der Waals surface area contributed by atoms with Gasteiger partial charge in [0.2, 0.25) is 0 Å². The van der Waals surface area contributed by atoms with E-state index in [1.807, 2.05) is 25.2 Å². The molecule has 0 aliphatic rings. The van der Waals surface area contributed by atoms with Gasteiger partial charge in [0.15, 0.2) is 0 Å². The second-order valence-electron chi connectivity index (χ2n) is 4.83. The van der Waals surface area contributed by atoms with Gasteiger partial charge in [-0.05, 0) is 24.6 Å². The molecule has 0 aliphatic carbocycles. The first-order chi connectivity index (χ1) is 10.2. The fraction of sp³-hybridized carbons (Fsp3) is 0.250. The van der Waals surface area contributed by atoms with Gasteiger partial charge in [0.25, 0.3) is 5.91 Å². The number of nitrogens with one attached hydrogen (secondary N) is 1. The minimum Gasteiger partial charge on any atom is -0.398 e. The molecule has 0 saturated heterocycles. The van der Waals surface area contributed by atoms with Gasteiger partial charge in [0, 0.05) is 43.9 Å². The number of anilines is 2. The Balaban J connectivity index is 1.75. The Labute approximate surface area is 124 Å². The summed E-state index contributed by atoms with van der Waals surface area (Å²) in [7, 11) is 2.04. The summed E-state index contributed by atoms with van der Waals surface area (Å²) < 4.78 is 0. The second-order valence-corrected chi connectivity index (χ2v) is 4.83. The van der Waals surface area contributed by atoms with Crippen LogP contribution < -0.4 is 16.0 Å². The number of pyridine rings is 1. The highest BCUT2D eigenvalue weighted by atomic mass is 16.1. The lowest BCUT2D eigenvalue weighted by molar-refractivity contribution is 0.0954. The van der Waals surface area contributed by atoms with E-state index in [9.17, 15) is 4.79 Å². The summed E-state index contributed by atoms with van der Waals surface area (Å²) in [5, 5.41) is 2.86. The predicted octanol–water partition coefficient (Wildman–Crippen LogP) is 1.92. The van der Waals surface area contributed by atoms with Crippen molar-refractivity contribution in [2.45, 2.75) is 6.42 Å². The van der Waals surface area contributed by atoms with Gasteiger partial charge in [-0.25, -0.2) is 0 Å². The number of hydrogen-bond acceptors (Lipinski definition) is 4. The SMILES string of the molecule is CN(CCCNC(=O)c1cnccc1N)c1ccccc1. The van der Waals surface area contributed by atoms with Crippen LogP contribution >= 0.6 is 0 Å². The number of nitrogens with two attached hydrogens (primary N) is 1. The van der Waals surface area contributed by atoms with Crippen molar-refractivity contribution in [1.29, 1.82) is 0 Å². The Bertz CT molecular complexity index is 586. The highest BCUT2D eigenvalue weighted by molar-refractivity contribution is 5.98. The number of aromatic nitrogens is 1. The minimum absolute atomic E-state index is 0.178. The molecule has 5 nitrogen and oxygen atoms in total. The minimum atomic E-state index is -0.178. The Morgan fingerprint density at radius 3 is 2.76 bits per heavy atom. The van der Waals surface area contributed by atoms with E-state index in [2.05, 4.69) is 27.3 Å². The van der Waals surface area contributed by atoms with Crippen LogP contribution in [0.4, 0.5) is 11.4 Å². The van der Waals surface area contributed by atoms with Gasteiger partial charge in [-0.15, -0.1) is 0 Å². The maximum Gasteiger partial charge on any atom is 0.254 e. The number of rotatable bonds is 6. The average Bonchev–Trinajstić information content (AvgIpc) is 2.52. The molecule has 0 unspecified atom stereocenters.